The molecule has 0 aliphatic carbocycles. The van der Waals surface area contributed by atoms with Gasteiger partial charge in [-0.25, -0.2) is 9.59 Å². The second-order valence-corrected chi connectivity index (χ2v) is 1.57. The molecule has 0 aromatic heterocycles. The summed E-state index contributed by atoms with van der Waals surface area (Å²) in [5.41, 5.74) is 0. The van der Waals surface area contributed by atoms with Crippen LogP contribution in [0.25, 0.3) is 0 Å². The molecule has 0 unspecified atom stereocenters. The van der Waals surface area contributed by atoms with Crippen molar-refractivity contribution in [2.75, 3.05) is 0 Å². The van der Waals surface area contributed by atoms with Crippen molar-refractivity contribution in [2.45, 2.75) is 12.2 Å². The standard InChI is InChI=1S/C4H6O6.2Na/c5-1(3(7)8)2(6)4(9)10;;/h1-2,5-6H,(H,7,8)(H,9,10);;/q;2*+1/t1-,2-;;/m1../s1. The van der Waals surface area contributed by atoms with Crippen molar-refractivity contribution in [1.82, 2.24) is 0 Å². The first-order valence-corrected chi connectivity index (χ1v) is 2.28. The molecule has 0 amide bonds. The van der Waals surface area contributed by atoms with Gasteiger partial charge in [0.25, 0.3) is 0 Å². The number of carboxylic acids is 2. The average molecular weight is 196 g/mol. The van der Waals surface area contributed by atoms with Crippen molar-refractivity contribution in [3.63, 3.8) is 0 Å². The summed E-state index contributed by atoms with van der Waals surface area (Å²) in [6, 6.07) is 0. The molecule has 4 N–H and O–H groups in total. The summed E-state index contributed by atoms with van der Waals surface area (Å²) >= 11 is 0. The molecule has 0 bridgehead atoms. The third-order valence-corrected chi connectivity index (χ3v) is 0.805. The molecule has 0 aliphatic heterocycles. The zero-order chi connectivity index (χ0) is 8.31. The first-order valence-electron chi connectivity index (χ1n) is 2.28. The van der Waals surface area contributed by atoms with E-state index in [-0.39, 0.29) is 59.1 Å². The van der Waals surface area contributed by atoms with Gasteiger partial charge in [0.2, 0.25) is 0 Å². The maximum absolute atomic E-state index is 9.77. The van der Waals surface area contributed by atoms with Gasteiger partial charge in [-0.3, -0.25) is 0 Å². The van der Waals surface area contributed by atoms with E-state index in [1.807, 2.05) is 0 Å². The van der Waals surface area contributed by atoms with Crippen molar-refractivity contribution in [3.05, 3.63) is 0 Å². The number of carbonyl (C=O) groups is 2. The Kier molecular flexibility index (Phi) is 13.1. The van der Waals surface area contributed by atoms with E-state index in [1.54, 1.807) is 0 Å². The number of hydrogen-bond donors (Lipinski definition) is 4. The van der Waals surface area contributed by atoms with Gasteiger partial charge in [-0.15, -0.1) is 0 Å². The fraction of sp³-hybridized carbons (Fsp3) is 0.500. The molecule has 0 radical (unpaired) electrons. The molecule has 0 saturated carbocycles. The van der Waals surface area contributed by atoms with Crippen molar-refractivity contribution in [1.29, 1.82) is 0 Å². The minimum Gasteiger partial charge on any atom is -0.479 e. The van der Waals surface area contributed by atoms with Crippen LogP contribution in [0.3, 0.4) is 0 Å². The molecule has 12 heavy (non-hydrogen) atoms. The predicted octanol–water partition coefficient (Wildman–Crippen LogP) is -8.11. The molecule has 0 aliphatic rings. The minimum absolute atomic E-state index is 0. The van der Waals surface area contributed by atoms with E-state index in [0.717, 1.165) is 0 Å². The quantitative estimate of drug-likeness (QED) is 0.333. The summed E-state index contributed by atoms with van der Waals surface area (Å²) in [5.74, 6) is -3.54. The molecule has 0 fully saturated rings. The van der Waals surface area contributed by atoms with Crippen LogP contribution >= 0.6 is 0 Å². The zero-order valence-corrected chi connectivity index (χ0v) is 10.8. The third kappa shape index (κ3) is 6.38. The van der Waals surface area contributed by atoms with E-state index < -0.39 is 24.1 Å². The summed E-state index contributed by atoms with van der Waals surface area (Å²) in [7, 11) is 0. The Hall–Kier alpha value is 0.860. The van der Waals surface area contributed by atoms with E-state index in [0.29, 0.717) is 0 Å². The molecule has 58 valence electrons. The Morgan fingerprint density at radius 1 is 0.833 bits per heavy atom. The number of aliphatic hydroxyl groups excluding tert-OH is 2. The van der Waals surface area contributed by atoms with E-state index in [2.05, 4.69) is 0 Å². The second kappa shape index (κ2) is 8.46. The van der Waals surface area contributed by atoms with E-state index in [9.17, 15) is 9.59 Å². The summed E-state index contributed by atoms with van der Waals surface area (Å²) in [6.45, 7) is 0. The number of aliphatic carboxylic acids is 2. The Bertz CT molecular complexity index is 142. The zero-order valence-electron chi connectivity index (χ0n) is 6.76. The van der Waals surface area contributed by atoms with E-state index in [1.165, 1.54) is 0 Å². The van der Waals surface area contributed by atoms with E-state index in [4.69, 9.17) is 20.4 Å². The fourth-order valence-electron chi connectivity index (χ4n) is 0.270. The normalized spacial score (nSPS) is 13.2. The first kappa shape index (κ1) is 18.6. The van der Waals surface area contributed by atoms with Crippen LogP contribution in [0.5, 0.6) is 0 Å². The van der Waals surface area contributed by atoms with Gasteiger partial charge in [-0.2, -0.15) is 0 Å². The fourth-order valence-corrected chi connectivity index (χ4v) is 0.270. The topological polar surface area (TPSA) is 115 Å². The average Bonchev–Trinajstić information content (AvgIpc) is 1.84. The summed E-state index contributed by atoms with van der Waals surface area (Å²) < 4.78 is 0. The van der Waals surface area contributed by atoms with Crippen LogP contribution in [0.4, 0.5) is 0 Å². The predicted molar refractivity (Wildman–Crippen MR) is 27.3 cm³/mol. The Labute approximate surface area is 112 Å². The molecule has 0 aromatic carbocycles. The monoisotopic (exact) mass is 196 g/mol. The smallest absolute Gasteiger partial charge is 0.479 e. The molecule has 0 aromatic rings. The molecule has 0 rings (SSSR count). The van der Waals surface area contributed by atoms with Crippen LogP contribution in [-0.2, 0) is 9.59 Å². The van der Waals surface area contributed by atoms with Gasteiger partial charge >= 0.3 is 71.1 Å². The van der Waals surface area contributed by atoms with Crippen LogP contribution < -0.4 is 59.1 Å². The van der Waals surface area contributed by atoms with Crippen LogP contribution in [0, 0.1) is 0 Å². The maximum atomic E-state index is 9.77. The van der Waals surface area contributed by atoms with Crippen molar-refractivity contribution >= 4 is 11.9 Å². The number of aliphatic hydroxyl groups is 2. The Morgan fingerprint density at radius 2 is 1.00 bits per heavy atom. The Balaban J connectivity index is -0.000000405. The summed E-state index contributed by atoms with van der Waals surface area (Å²) in [6.07, 6.45) is -4.53. The molecule has 6 nitrogen and oxygen atoms in total. The van der Waals surface area contributed by atoms with Crippen LogP contribution in [0.15, 0.2) is 0 Å². The summed E-state index contributed by atoms with van der Waals surface area (Å²) in [5, 5.41) is 32.5. The molecule has 0 spiro atoms. The molecule has 0 heterocycles. The third-order valence-electron chi connectivity index (χ3n) is 0.805. The van der Waals surface area contributed by atoms with Crippen LogP contribution in [-0.4, -0.2) is 44.6 Å². The molecular weight excluding hydrogens is 190 g/mol. The van der Waals surface area contributed by atoms with Crippen molar-refractivity contribution in [2.24, 2.45) is 0 Å². The maximum Gasteiger partial charge on any atom is 1.00 e. The largest absolute Gasteiger partial charge is 1.00 e. The number of carboxylic acid groups (broad SMARTS) is 2. The van der Waals surface area contributed by atoms with Gasteiger partial charge in [0.15, 0.2) is 12.2 Å². The molecule has 2 atom stereocenters. The molecular formula is C4H6Na2O6+2. The van der Waals surface area contributed by atoms with Crippen LogP contribution in [0.2, 0.25) is 0 Å². The molecule has 8 heteroatoms. The van der Waals surface area contributed by atoms with Crippen molar-refractivity contribution < 1.29 is 89.1 Å². The minimum atomic E-state index is -2.27. The molecule has 0 saturated heterocycles. The van der Waals surface area contributed by atoms with Gasteiger partial charge in [-0.1, -0.05) is 0 Å². The first-order chi connectivity index (χ1) is 4.46. The SMILES string of the molecule is O=C(O)[C@H](O)[C@@H](O)C(=O)O.[Na+].[Na+]. The van der Waals surface area contributed by atoms with Crippen LogP contribution in [0.1, 0.15) is 0 Å². The number of rotatable bonds is 3. The van der Waals surface area contributed by atoms with Crippen molar-refractivity contribution in [3.8, 4) is 0 Å². The van der Waals surface area contributed by atoms with E-state index >= 15 is 0 Å². The van der Waals surface area contributed by atoms with Gasteiger partial charge in [-0.05, 0) is 0 Å². The second-order valence-electron chi connectivity index (χ2n) is 1.57. The Morgan fingerprint density at radius 3 is 1.08 bits per heavy atom. The number of hydrogen-bond acceptors (Lipinski definition) is 4. The van der Waals surface area contributed by atoms with Gasteiger partial charge in [0.05, 0.1) is 0 Å². The summed E-state index contributed by atoms with van der Waals surface area (Å²) in [4.78, 5) is 19.5. The van der Waals surface area contributed by atoms with Gasteiger partial charge in [0.1, 0.15) is 0 Å². The van der Waals surface area contributed by atoms with Gasteiger partial charge in [0, 0.05) is 0 Å². The van der Waals surface area contributed by atoms with Gasteiger partial charge < -0.3 is 20.4 Å².